The standard InChI is InChI=1S/C17H13IN4O2/c18-13-6-7-16(23)12(8-13)10-19-22-17(24)15-9-14(20-21-15)11-4-2-1-3-5-11/h1-10,23H,(H,20,21)(H,22,24)/b19-10+. The Balaban J connectivity index is 1.68. The SMILES string of the molecule is O=C(N/N=C/c1cc(I)ccc1O)c1cc(-c2ccccc2)n[nH]1. The number of amides is 1. The molecule has 0 aliphatic heterocycles. The molecular weight excluding hydrogens is 419 g/mol. The highest BCUT2D eigenvalue weighted by Crippen LogP contribution is 2.18. The minimum atomic E-state index is -0.411. The van der Waals surface area contributed by atoms with Gasteiger partial charge in [0.05, 0.1) is 11.9 Å². The monoisotopic (exact) mass is 432 g/mol. The van der Waals surface area contributed by atoms with Crippen LogP contribution in [0.1, 0.15) is 16.1 Å². The van der Waals surface area contributed by atoms with Gasteiger partial charge >= 0.3 is 0 Å². The smallest absolute Gasteiger partial charge is 0.289 e. The zero-order valence-corrected chi connectivity index (χ0v) is 14.6. The van der Waals surface area contributed by atoms with E-state index in [4.69, 9.17) is 0 Å². The Morgan fingerprint density at radius 3 is 2.79 bits per heavy atom. The van der Waals surface area contributed by atoms with Gasteiger partial charge in [0.1, 0.15) is 11.4 Å². The van der Waals surface area contributed by atoms with Crippen molar-refractivity contribution in [1.29, 1.82) is 0 Å². The molecule has 0 spiro atoms. The van der Waals surface area contributed by atoms with E-state index >= 15 is 0 Å². The molecule has 0 aliphatic carbocycles. The number of aromatic nitrogens is 2. The van der Waals surface area contributed by atoms with Crippen LogP contribution < -0.4 is 5.43 Å². The van der Waals surface area contributed by atoms with Crippen LogP contribution in [0.2, 0.25) is 0 Å². The molecule has 0 fully saturated rings. The van der Waals surface area contributed by atoms with Gasteiger partial charge in [-0.3, -0.25) is 9.89 Å². The summed E-state index contributed by atoms with van der Waals surface area (Å²) >= 11 is 2.13. The van der Waals surface area contributed by atoms with Crippen LogP contribution in [0.3, 0.4) is 0 Å². The van der Waals surface area contributed by atoms with Crippen LogP contribution in [0.15, 0.2) is 59.7 Å². The molecule has 2 aromatic carbocycles. The summed E-state index contributed by atoms with van der Waals surface area (Å²) in [6.45, 7) is 0. The minimum absolute atomic E-state index is 0.0984. The lowest BCUT2D eigenvalue weighted by Crippen LogP contribution is -2.18. The van der Waals surface area contributed by atoms with E-state index in [-0.39, 0.29) is 5.75 Å². The van der Waals surface area contributed by atoms with Crippen molar-refractivity contribution in [2.45, 2.75) is 0 Å². The van der Waals surface area contributed by atoms with Gasteiger partial charge in [0.15, 0.2) is 0 Å². The molecular formula is C17H13IN4O2. The molecule has 24 heavy (non-hydrogen) atoms. The fourth-order valence-electron chi connectivity index (χ4n) is 2.04. The van der Waals surface area contributed by atoms with Gasteiger partial charge in [-0.2, -0.15) is 10.2 Å². The van der Waals surface area contributed by atoms with Gasteiger partial charge in [-0.1, -0.05) is 30.3 Å². The highest BCUT2D eigenvalue weighted by molar-refractivity contribution is 14.1. The number of hydrogen-bond donors (Lipinski definition) is 3. The summed E-state index contributed by atoms with van der Waals surface area (Å²) in [5.74, 6) is -0.313. The summed E-state index contributed by atoms with van der Waals surface area (Å²) in [7, 11) is 0. The third kappa shape index (κ3) is 3.80. The van der Waals surface area contributed by atoms with E-state index in [0.29, 0.717) is 17.0 Å². The summed E-state index contributed by atoms with van der Waals surface area (Å²) in [5, 5.41) is 20.4. The molecule has 7 heteroatoms. The largest absolute Gasteiger partial charge is 0.507 e. The first-order chi connectivity index (χ1) is 11.6. The van der Waals surface area contributed by atoms with E-state index in [1.54, 1.807) is 24.3 Å². The van der Waals surface area contributed by atoms with Gasteiger partial charge in [-0.25, -0.2) is 5.43 Å². The van der Waals surface area contributed by atoms with Crippen molar-refractivity contribution in [2.75, 3.05) is 0 Å². The van der Waals surface area contributed by atoms with E-state index in [1.807, 2.05) is 30.3 Å². The van der Waals surface area contributed by atoms with Gasteiger partial charge < -0.3 is 5.11 Å². The van der Waals surface area contributed by atoms with Crippen LogP contribution >= 0.6 is 22.6 Å². The minimum Gasteiger partial charge on any atom is -0.507 e. The number of aromatic hydroxyl groups is 1. The van der Waals surface area contributed by atoms with E-state index in [9.17, 15) is 9.90 Å². The Morgan fingerprint density at radius 2 is 2.00 bits per heavy atom. The number of halogens is 1. The fraction of sp³-hybridized carbons (Fsp3) is 0. The first-order valence-electron chi connectivity index (χ1n) is 7.06. The number of benzene rings is 2. The average Bonchev–Trinajstić information content (AvgIpc) is 3.09. The third-order valence-corrected chi connectivity index (χ3v) is 3.92. The number of phenols is 1. The van der Waals surface area contributed by atoms with Crippen molar-refractivity contribution in [1.82, 2.24) is 15.6 Å². The number of hydrazone groups is 1. The number of carbonyl (C=O) groups is 1. The number of rotatable bonds is 4. The normalized spacial score (nSPS) is 10.9. The van der Waals surface area contributed by atoms with Crippen LogP contribution in [-0.4, -0.2) is 27.4 Å². The van der Waals surface area contributed by atoms with Crippen LogP contribution in [0.5, 0.6) is 5.75 Å². The number of aromatic amines is 1. The zero-order valence-electron chi connectivity index (χ0n) is 12.4. The highest BCUT2D eigenvalue weighted by Gasteiger charge is 2.10. The molecule has 3 N–H and O–H groups in total. The summed E-state index contributed by atoms with van der Waals surface area (Å²) in [6, 6.07) is 16.3. The topological polar surface area (TPSA) is 90.4 Å². The summed E-state index contributed by atoms with van der Waals surface area (Å²) in [5.41, 5.74) is 4.83. The number of carbonyl (C=O) groups excluding carboxylic acids is 1. The second-order valence-corrected chi connectivity index (χ2v) is 6.18. The molecule has 1 amide bonds. The summed E-state index contributed by atoms with van der Waals surface area (Å²) in [6.07, 6.45) is 1.39. The molecule has 0 aliphatic rings. The molecule has 0 unspecified atom stereocenters. The Kier molecular flexibility index (Phi) is 4.90. The van der Waals surface area contributed by atoms with Crippen LogP contribution in [-0.2, 0) is 0 Å². The predicted octanol–water partition coefficient (Wildman–Crippen LogP) is 3.15. The highest BCUT2D eigenvalue weighted by atomic mass is 127. The molecule has 0 bridgehead atoms. The van der Waals surface area contributed by atoms with Crippen molar-refractivity contribution in [2.24, 2.45) is 5.10 Å². The van der Waals surface area contributed by atoms with Crippen molar-refractivity contribution >= 4 is 34.7 Å². The third-order valence-electron chi connectivity index (χ3n) is 3.25. The van der Waals surface area contributed by atoms with Crippen molar-refractivity contribution < 1.29 is 9.90 Å². The van der Waals surface area contributed by atoms with Crippen LogP contribution in [0.25, 0.3) is 11.3 Å². The second kappa shape index (κ2) is 7.26. The van der Waals surface area contributed by atoms with Crippen LogP contribution in [0, 0.1) is 3.57 Å². The molecule has 3 aromatic rings. The van der Waals surface area contributed by atoms with Gasteiger partial charge in [-0.15, -0.1) is 0 Å². The average molecular weight is 432 g/mol. The number of nitrogens with one attached hydrogen (secondary N) is 2. The van der Waals surface area contributed by atoms with Gasteiger partial charge in [0.25, 0.3) is 5.91 Å². The first kappa shape index (κ1) is 16.2. The van der Waals surface area contributed by atoms with Gasteiger partial charge in [-0.05, 0) is 46.9 Å². The molecule has 0 atom stereocenters. The predicted molar refractivity (Wildman–Crippen MR) is 99.9 cm³/mol. The Bertz CT molecular complexity index is 891. The maximum absolute atomic E-state index is 12.1. The number of phenolic OH excluding ortho intramolecular Hbond substituents is 1. The van der Waals surface area contributed by atoms with E-state index in [1.165, 1.54) is 6.21 Å². The second-order valence-electron chi connectivity index (χ2n) is 4.94. The first-order valence-corrected chi connectivity index (χ1v) is 8.14. The lowest BCUT2D eigenvalue weighted by molar-refractivity contribution is 0.0950. The number of hydrogen-bond acceptors (Lipinski definition) is 4. The molecule has 3 rings (SSSR count). The summed E-state index contributed by atoms with van der Waals surface area (Å²) in [4.78, 5) is 12.1. The lowest BCUT2D eigenvalue weighted by Gasteiger charge is -1.99. The molecule has 1 heterocycles. The number of nitrogens with zero attached hydrogens (tertiary/aromatic N) is 2. The molecule has 0 saturated heterocycles. The summed E-state index contributed by atoms with van der Waals surface area (Å²) < 4.78 is 0.958. The maximum atomic E-state index is 12.1. The lowest BCUT2D eigenvalue weighted by atomic mass is 10.1. The van der Waals surface area contributed by atoms with Gasteiger partial charge in [0.2, 0.25) is 0 Å². The zero-order chi connectivity index (χ0) is 16.9. The maximum Gasteiger partial charge on any atom is 0.289 e. The molecule has 1 aromatic heterocycles. The van der Waals surface area contributed by atoms with Crippen molar-refractivity contribution in [3.8, 4) is 17.0 Å². The van der Waals surface area contributed by atoms with E-state index < -0.39 is 5.91 Å². The Hall–Kier alpha value is -2.68. The molecule has 0 radical (unpaired) electrons. The molecule has 6 nitrogen and oxygen atoms in total. The van der Waals surface area contributed by atoms with E-state index in [0.717, 1.165) is 9.13 Å². The van der Waals surface area contributed by atoms with Gasteiger partial charge in [0, 0.05) is 14.7 Å². The molecule has 0 saturated carbocycles. The fourth-order valence-corrected chi connectivity index (χ4v) is 2.56. The van der Waals surface area contributed by atoms with Crippen molar-refractivity contribution in [3.63, 3.8) is 0 Å². The Morgan fingerprint density at radius 1 is 1.21 bits per heavy atom. The Labute approximate surface area is 151 Å². The number of H-pyrrole nitrogens is 1. The van der Waals surface area contributed by atoms with Crippen molar-refractivity contribution in [3.05, 3.63) is 69.4 Å². The molecule has 120 valence electrons. The van der Waals surface area contributed by atoms with Crippen LogP contribution in [0.4, 0.5) is 0 Å². The van der Waals surface area contributed by atoms with E-state index in [2.05, 4.69) is 43.3 Å². The quantitative estimate of drug-likeness (QED) is 0.336.